The van der Waals surface area contributed by atoms with E-state index in [2.05, 4.69) is 20.0 Å². The molecule has 8 heteroatoms. The minimum atomic E-state index is -2.98. The topological polar surface area (TPSA) is 49.9 Å². The highest BCUT2D eigenvalue weighted by Gasteiger charge is 2.14. The van der Waals surface area contributed by atoms with E-state index < -0.39 is 6.61 Å². The number of aryl methyl sites for hydroxylation is 1. The molecule has 0 aliphatic carbocycles. The number of hydrogen-bond acceptors (Lipinski definition) is 3. The number of nitrogens with one attached hydrogen (secondary N) is 2. The molecule has 1 heterocycles. The number of benzene rings is 1. The first-order valence-electron chi connectivity index (χ1n) is 5.64. The minimum absolute atomic E-state index is 0.0130. The van der Waals surface area contributed by atoms with Crippen molar-refractivity contribution >= 4 is 28.9 Å². The van der Waals surface area contributed by atoms with E-state index in [1.54, 1.807) is 6.33 Å². The van der Waals surface area contributed by atoms with Crippen LogP contribution in [0.1, 0.15) is 11.4 Å². The normalized spacial score (nSPS) is 10.9. The number of hydrogen-bond donors (Lipinski definition) is 2. The molecule has 0 atom stereocenters. The maximum Gasteiger partial charge on any atom is 0.387 e. The van der Waals surface area contributed by atoms with Gasteiger partial charge in [0.25, 0.3) is 0 Å². The Hall–Kier alpha value is -1.53. The van der Waals surface area contributed by atoms with Crippen molar-refractivity contribution in [3.8, 4) is 5.75 Å². The Morgan fingerprint density at radius 2 is 2.00 bits per heavy atom. The Bertz CT molecular complexity index is 581. The van der Waals surface area contributed by atoms with Crippen LogP contribution in [0.25, 0.3) is 0 Å². The van der Waals surface area contributed by atoms with Crippen molar-refractivity contribution in [2.45, 2.75) is 20.1 Å². The number of ether oxygens (including phenoxy) is 1. The zero-order valence-electron chi connectivity index (χ0n) is 10.4. The van der Waals surface area contributed by atoms with Crippen molar-refractivity contribution in [1.29, 1.82) is 0 Å². The van der Waals surface area contributed by atoms with Gasteiger partial charge in [-0.05, 0) is 19.1 Å². The molecule has 0 unspecified atom stereocenters. The zero-order chi connectivity index (χ0) is 14.7. The maximum absolute atomic E-state index is 12.2. The van der Waals surface area contributed by atoms with Crippen LogP contribution in [0.2, 0.25) is 10.0 Å². The number of alkyl halides is 2. The van der Waals surface area contributed by atoms with Gasteiger partial charge in [0.1, 0.15) is 0 Å². The van der Waals surface area contributed by atoms with E-state index in [0.717, 1.165) is 11.4 Å². The van der Waals surface area contributed by atoms with Gasteiger partial charge in [-0.2, -0.15) is 8.78 Å². The van der Waals surface area contributed by atoms with Gasteiger partial charge in [0.15, 0.2) is 5.75 Å². The van der Waals surface area contributed by atoms with Crippen LogP contribution in [0.4, 0.5) is 14.5 Å². The van der Waals surface area contributed by atoms with Gasteiger partial charge in [-0.1, -0.05) is 23.2 Å². The number of anilines is 1. The van der Waals surface area contributed by atoms with E-state index in [1.807, 2.05) is 6.92 Å². The summed E-state index contributed by atoms with van der Waals surface area (Å²) in [7, 11) is 0. The Balaban J connectivity index is 2.12. The molecule has 2 N–H and O–H groups in total. The molecular weight excluding hydrogens is 311 g/mol. The average Bonchev–Trinajstić information content (AvgIpc) is 2.77. The van der Waals surface area contributed by atoms with Crippen molar-refractivity contribution in [3.05, 3.63) is 39.9 Å². The first-order chi connectivity index (χ1) is 9.47. The van der Waals surface area contributed by atoms with Crippen LogP contribution in [0.5, 0.6) is 5.75 Å². The summed E-state index contributed by atoms with van der Waals surface area (Å²) in [6, 6.07) is 2.93. The summed E-state index contributed by atoms with van der Waals surface area (Å²) in [6.07, 6.45) is 1.59. The fraction of sp³-hybridized carbons (Fsp3) is 0.250. The second-order valence-electron chi connectivity index (χ2n) is 3.98. The molecule has 0 saturated heterocycles. The molecule has 1 aromatic heterocycles. The molecule has 0 amide bonds. The number of aromatic amines is 1. The van der Waals surface area contributed by atoms with E-state index in [0.29, 0.717) is 12.2 Å². The van der Waals surface area contributed by atoms with Gasteiger partial charge in [-0.15, -0.1) is 0 Å². The number of imidazole rings is 1. The fourth-order valence-electron chi connectivity index (χ4n) is 1.61. The number of aromatic nitrogens is 2. The van der Waals surface area contributed by atoms with Gasteiger partial charge in [-0.3, -0.25) is 0 Å². The molecule has 0 fully saturated rings. The van der Waals surface area contributed by atoms with Crippen LogP contribution < -0.4 is 10.1 Å². The quantitative estimate of drug-likeness (QED) is 0.866. The lowest BCUT2D eigenvalue weighted by molar-refractivity contribution is -0.0497. The van der Waals surface area contributed by atoms with Crippen molar-refractivity contribution in [3.63, 3.8) is 0 Å². The lowest BCUT2D eigenvalue weighted by Gasteiger charge is -2.12. The number of nitrogens with zero attached hydrogens (tertiary/aromatic N) is 1. The standard InChI is InChI=1S/C12H11Cl2F2N3O/c1-6-10(19-5-18-6)4-17-7-2-8(13)11(9(14)3-7)20-12(15)16/h2-3,5,12,17H,4H2,1H3,(H,18,19). The predicted octanol–water partition coefficient (Wildman–Crippen LogP) is 4.24. The van der Waals surface area contributed by atoms with Gasteiger partial charge in [0, 0.05) is 11.4 Å². The summed E-state index contributed by atoms with van der Waals surface area (Å²) in [6.45, 7) is -0.629. The smallest absolute Gasteiger partial charge is 0.387 e. The number of halogens is 4. The van der Waals surface area contributed by atoms with Gasteiger partial charge in [-0.25, -0.2) is 4.98 Å². The molecular formula is C12H11Cl2F2N3O. The van der Waals surface area contributed by atoms with E-state index in [1.165, 1.54) is 12.1 Å². The lowest BCUT2D eigenvalue weighted by Crippen LogP contribution is -2.05. The summed E-state index contributed by atoms with van der Waals surface area (Å²) in [5, 5.41) is 3.08. The fourth-order valence-corrected chi connectivity index (χ4v) is 2.19. The molecule has 0 radical (unpaired) electrons. The Labute approximate surface area is 124 Å². The maximum atomic E-state index is 12.2. The Morgan fingerprint density at radius 1 is 1.35 bits per heavy atom. The van der Waals surface area contributed by atoms with Crippen LogP contribution in [0, 0.1) is 6.92 Å². The molecule has 108 valence electrons. The van der Waals surface area contributed by atoms with Crippen LogP contribution in [-0.4, -0.2) is 16.6 Å². The molecule has 0 spiro atoms. The Kier molecular flexibility index (Phi) is 4.67. The van der Waals surface area contributed by atoms with E-state index in [4.69, 9.17) is 23.2 Å². The van der Waals surface area contributed by atoms with Crippen molar-refractivity contribution < 1.29 is 13.5 Å². The number of H-pyrrole nitrogens is 1. The van der Waals surface area contributed by atoms with Crippen LogP contribution in [0.3, 0.4) is 0 Å². The zero-order valence-corrected chi connectivity index (χ0v) is 11.9. The van der Waals surface area contributed by atoms with Crippen LogP contribution in [-0.2, 0) is 6.54 Å². The highest BCUT2D eigenvalue weighted by atomic mass is 35.5. The van der Waals surface area contributed by atoms with E-state index >= 15 is 0 Å². The summed E-state index contributed by atoms with van der Waals surface area (Å²) in [5.74, 6) is -0.232. The van der Waals surface area contributed by atoms with E-state index in [9.17, 15) is 8.78 Å². The van der Waals surface area contributed by atoms with Gasteiger partial charge < -0.3 is 15.0 Å². The first kappa shape index (κ1) is 14.9. The Morgan fingerprint density at radius 3 is 2.50 bits per heavy atom. The number of rotatable bonds is 5. The second-order valence-corrected chi connectivity index (χ2v) is 4.79. The third kappa shape index (κ3) is 3.52. The van der Waals surface area contributed by atoms with Crippen LogP contribution >= 0.6 is 23.2 Å². The SMILES string of the molecule is Cc1[nH]cnc1CNc1cc(Cl)c(OC(F)F)c(Cl)c1. The molecule has 4 nitrogen and oxygen atoms in total. The van der Waals surface area contributed by atoms with Gasteiger partial charge >= 0.3 is 6.61 Å². The van der Waals surface area contributed by atoms with E-state index in [-0.39, 0.29) is 15.8 Å². The van der Waals surface area contributed by atoms with Crippen LogP contribution in [0.15, 0.2) is 18.5 Å². The molecule has 1 aromatic carbocycles. The molecule has 20 heavy (non-hydrogen) atoms. The molecule has 2 aromatic rings. The largest absolute Gasteiger partial charge is 0.432 e. The van der Waals surface area contributed by atoms with Crippen molar-refractivity contribution in [2.24, 2.45) is 0 Å². The first-order valence-corrected chi connectivity index (χ1v) is 6.39. The molecule has 2 rings (SSSR count). The monoisotopic (exact) mass is 321 g/mol. The second kappa shape index (κ2) is 6.28. The summed E-state index contributed by atoms with van der Waals surface area (Å²) < 4.78 is 28.6. The predicted molar refractivity (Wildman–Crippen MR) is 73.7 cm³/mol. The third-order valence-corrected chi connectivity index (χ3v) is 3.16. The molecule has 0 saturated carbocycles. The lowest BCUT2D eigenvalue weighted by atomic mass is 10.2. The average molecular weight is 322 g/mol. The highest BCUT2D eigenvalue weighted by Crippen LogP contribution is 2.37. The molecule has 0 aliphatic rings. The molecule has 0 aliphatic heterocycles. The third-order valence-electron chi connectivity index (χ3n) is 2.60. The summed E-state index contributed by atoms with van der Waals surface area (Å²) in [5.41, 5.74) is 2.36. The highest BCUT2D eigenvalue weighted by molar-refractivity contribution is 6.37. The van der Waals surface area contributed by atoms with Crippen molar-refractivity contribution in [2.75, 3.05) is 5.32 Å². The summed E-state index contributed by atoms with van der Waals surface area (Å²) in [4.78, 5) is 7.08. The van der Waals surface area contributed by atoms with Gasteiger partial charge in [0.2, 0.25) is 0 Å². The van der Waals surface area contributed by atoms with Gasteiger partial charge in [0.05, 0.1) is 28.6 Å². The summed E-state index contributed by atoms with van der Waals surface area (Å²) >= 11 is 11.7. The minimum Gasteiger partial charge on any atom is -0.432 e. The molecule has 0 bridgehead atoms. The van der Waals surface area contributed by atoms with Crippen molar-refractivity contribution in [1.82, 2.24) is 9.97 Å².